The predicted octanol–water partition coefficient (Wildman–Crippen LogP) is -0.335. The Kier molecular flexibility index (Phi) is 4.73. The molecule has 0 aromatic carbocycles. The average Bonchev–Trinajstić information content (AvgIpc) is 2.54. The number of amides is 1. The first kappa shape index (κ1) is 13.4. The molecule has 0 radical (unpaired) electrons. The second-order valence-corrected chi connectivity index (χ2v) is 6.56. The molecule has 3 N–H and O–H groups in total. The third-order valence-corrected chi connectivity index (χ3v) is 4.64. The molecule has 1 saturated heterocycles. The van der Waals surface area contributed by atoms with E-state index in [0.717, 1.165) is 12.8 Å². The summed E-state index contributed by atoms with van der Waals surface area (Å²) in [5.41, 5.74) is 5.51. The maximum absolute atomic E-state index is 11.7. The quantitative estimate of drug-likeness (QED) is 0.697. The van der Waals surface area contributed by atoms with E-state index in [-0.39, 0.29) is 29.4 Å². The highest BCUT2D eigenvalue weighted by Crippen LogP contribution is 2.13. The van der Waals surface area contributed by atoms with E-state index < -0.39 is 9.84 Å². The topological polar surface area (TPSA) is 89.3 Å². The summed E-state index contributed by atoms with van der Waals surface area (Å²) in [7, 11) is -2.93. The number of sulfone groups is 1. The highest BCUT2D eigenvalue weighted by atomic mass is 32.2. The molecule has 1 aliphatic rings. The SMILES string of the molecule is CCCC(CN)C(=O)NC1CCS(=O)(=O)C1. The van der Waals surface area contributed by atoms with Gasteiger partial charge in [0.25, 0.3) is 0 Å². The summed E-state index contributed by atoms with van der Waals surface area (Å²) in [5, 5.41) is 2.77. The van der Waals surface area contributed by atoms with Crippen LogP contribution in [0.25, 0.3) is 0 Å². The van der Waals surface area contributed by atoms with Gasteiger partial charge in [-0.15, -0.1) is 0 Å². The molecule has 2 unspecified atom stereocenters. The van der Waals surface area contributed by atoms with Crippen LogP contribution in [0.1, 0.15) is 26.2 Å². The maximum atomic E-state index is 11.7. The maximum Gasteiger partial charge on any atom is 0.224 e. The zero-order valence-electron chi connectivity index (χ0n) is 9.61. The van der Waals surface area contributed by atoms with Gasteiger partial charge in [-0.3, -0.25) is 4.79 Å². The molecule has 0 aromatic rings. The molecule has 1 aliphatic heterocycles. The van der Waals surface area contributed by atoms with Gasteiger partial charge in [0.1, 0.15) is 0 Å². The Bertz CT molecular complexity index is 340. The van der Waals surface area contributed by atoms with Gasteiger partial charge in [0.05, 0.1) is 17.4 Å². The summed E-state index contributed by atoms with van der Waals surface area (Å²) in [6, 6.07) is -0.219. The monoisotopic (exact) mass is 248 g/mol. The number of nitrogens with two attached hydrogens (primary N) is 1. The van der Waals surface area contributed by atoms with Crippen molar-refractivity contribution in [1.29, 1.82) is 0 Å². The Morgan fingerprint density at radius 2 is 2.25 bits per heavy atom. The Labute approximate surface area is 96.7 Å². The first-order chi connectivity index (χ1) is 7.48. The van der Waals surface area contributed by atoms with Crippen LogP contribution >= 0.6 is 0 Å². The Hall–Kier alpha value is -0.620. The average molecular weight is 248 g/mol. The van der Waals surface area contributed by atoms with E-state index in [1.54, 1.807) is 0 Å². The van der Waals surface area contributed by atoms with Crippen molar-refractivity contribution in [1.82, 2.24) is 5.32 Å². The van der Waals surface area contributed by atoms with Crippen molar-refractivity contribution in [3.8, 4) is 0 Å². The molecule has 1 rings (SSSR count). The molecule has 0 spiro atoms. The molecule has 0 saturated carbocycles. The smallest absolute Gasteiger partial charge is 0.224 e. The molecule has 2 atom stereocenters. The van der Waals surface area contributed by atoms with Gasteiger partial charge in [-0.05, 0) is 12.8 Å². The zero-order valence-corrected chi connectivity index (χ0v) is 10.4. The summed E-state index contributed by atoms with van der Waals surface area (Å²) < 4.78 is 22.4. The number of carbonyl (C=O) groups is 1. The first-order valence-electron chi connectivity index (χ1n) is 5.69. The van der Waals surface area contributed by atoms with Gasteiger partial charge in [-0.1, -0.05) is 13.3 Å². The van der Waals surface area contributed by atoms with Crippen LogP contribution < -0.4 is 11.1 Å². The first-order valence-corrected chi connectivity index (χ1v) is 7.51. The minimum absolute atomic E-state index is 0.0716. The molecule has 1 heterocycles. The summed E-state index contributed by atoms with van der Waals surface area (Å²) >= 11 is 0. The van der Waals surface area contributed by atoms with Crippen molar-refractivity contribution in [2.75, 3.05) is 18.1 Å². The molecular weight excluding hydrogens is 228 g/mol. The lowest BCUT2D eigenvalue weighted by molar-refractivity contribution is -0.125. The highest BCUT2D eigenvalue weighted by Gasteiger charge is 2.30. The van der Waals surface area contributed by atoms with Crippen molar-refractivity contribution in [2.45, 2.75) is 32.2 Å². The van der Waals surface area contributed by atoms with E-state index in [1.807, 2.05) is 6.92 Å². The van der Waals surface area contributed by atoms with E-state index in [1.165, 1.54) is 0 Å². The molecule has 5 nitrogen and oxygen atoms in total. The fourth-order valence-electron chi connectivity index (χ4n) is 1.93. The molecule has 0 aliphatic carbocycles. The zero-order chi connectivity index (χ0) is 12.2. The van der Waals surface area contributed by atoms with Crippen molar-refractivity contribution >= 4 is 15.7 Å². The number of rotatable bonds is 5. The third kappa shape index (κ3) is 3.75. The predicted molar refractivity (Wildman–Crippen MR) is 62.7 cm³/mol. The van der Waals surface area contributed by atoms with Gasteiger partial charge in [-0.2, -0.15) is 0 Å². The van der Waals surface area contributed by atoms with Gasteiger partial charge in [-0.25, -0.2) is 8.42 Å². The van der Waals surface area contributed by atoms with Gasteiger partial charge in [0, 0.05) is 12.6 Å². The second kappa shape index (κ2) is 5.63. The van der Waals surface area contributed by atoms with E-state index in [0.29, 0.717) is 13.0 Å². The van der Waals surface area contributed by atoms with Crippen LogP contribution in [0.4, 0.5) is 0 Å². The standard InChI is InChI=1S/C10H20N2O3S/c1-2-3-8(6-11)10(13)12-9-4-5-16(14,15)7-9/h8-9H,2-7,11H2,1H3,(H,12,13). The van der Waals surface area contributed by atoms with Crippen LogP contribution in [0.3, 0.4) is 0 Å². The number of hydrogen-bond donors (Lipinski definition) is 2. The molecule has 94 valence electrons. The number of carbonyl (C=O) groups excluding carboxylic acids is 1. The van der Waals surface area contributed by atoms with E-state index in [4.69, 9.17) is 5.73 Å². The van der Waals surface area contributed by atoms with Crippen molar-refractivity contribution < 1.29 is 13.2 Å². The highest BCUT2D eigenvalue weighted by molar-refractivity contribution is 7.91. The summed E-state index contributed by atoms with van der Waals surface area (Å²) in [5.74, 6) is -0.0407. The van der Waals surface area contributed by atoms with Crippen molar-refractivity contribution in [2.24, 2.45) is 11.7 Å². The van der Waals surface area contributed by atoms with Crippen LogP contribution in [0.5, 0.6) is 0 Å². The molecule has 0 aromatic heterocycles. The normalized spacial score (nSPS) is 25.2. The third-order valence-electron chi connectivity index (χ3n) is 2.87. The van der Waals surface area contributed by atoms with Crippen molar-refractivity contribution in [3.63, 3.8) is 0 Å². The minimum Gasteiger partial charge on any atom is -0.352 e. The van der Waals surface area contributed by atoms with Gasteiger partial charge in [0.15, 0.2) is 9.84 Å². The fourth-order valence-corrected chi connectivity index (χ4v) is 3.61. The van der Waals surface area contributed by atoms with Crippen LogP contribution in [0.2, 0.25) is 0 Å². The Morgan fingerprint density at radius 1 is 1.56 bits per heavy atom. The molecule has 1 amide bonds. The summed E-state index contributed by atoms with van der Waals surface area (Å²) in [6.07, 6.45) is 2.18. The van der Waals surface area contributed by atoms with Crippen molar-refractivity contribution in [3.05, 3.63) is 0 Å². The molecular formula is C10H20N2O3S. The summed E-state index contributed by atoms with van der Waals surface area (Å²) in [4.78, 5) is 11.7. The Balaban J connectivity index is 2.45. The lowest BCUT2D eigenvalue weighted by atomic mass is 10.0. The fraction of sp³-hybridized carbons (Fsp3) is 0.900. The summed E-state index contributed by atoms with van der Waals surface area (Å²) in [6.45, 7) is 2.31. The van der Waals surface area contributed by atoms with E-state index in [9.17, 15) is 13.2 Å². The number of hydrogen-bond acceptors (Lipinski definition) is 4. The van der Waals surface area contributed by atoms with E-state index >= 15 is 0 Å². The molecule has 0 bridgehead atoms. The molecule has 1 fully saturated rings. The lowest BCUT2D eigenvalue weighted by Gasteiger charge is -2.17. The van der Waals surface area contributed by atoms with E-state index in [2.05, 4.69) is 5.32 Å². The Morgan fingerprint density at radius 3 is 2.69 bits per heavy atom. The number of nitrogens with one attached hydrogen (secondary N) is 1. The minimum atomic E-state index is -2.93. The van der Waals surface area contributed by atoms with Crippen LogP contribution in [0, 0.1) is 5.92 Å². The molecule has 16 heavy (non-hydrogen) atoms. The molecule has 6 heteroatoms. The van der Waals surface area contributed by atoms with Gasteiger partial charge < -0.3 is 11.1 Å². The van der Waals surface area contributed by atoms with Gasteiger partial charge in [0.2, 0.25) is 5.91 Å². The van der Waals surface area contributed by atoms with Crippen LogP contribution in [-0.4, -0.2) is 38.4 Å². The van der Waals surface area contributed by atoms with Crippen LogP contribution in [-0.2, 0) is 14.6 Å². The van der Waals surface area contributed by atoms with Crippen LogP contribution in [0.15, 0.2) is 0 Å². The lowest BCUT2D eigenvalue weighted by Crippen LogP contribution is -2.41. The van der Waals surface area contributed by atoms with Gasteiger partial charge >= 0.3 is 0 Å². The largest absolute Gasteiger partial charge is 0.352 e. The second-order valence-electron chi connectivity index (χ2n) is 4.33.